The number of carbonyl (C=O) groups excluding carboxylic acids is 2. The van der Waals surface area contributed by atoms with E-state index < -0.39 is 6.03 Å². The van der Waals surface area contributed by atoms with Crippen LogP contribution in [-0.2, 0) is 4.79 Å². The number of rotatable bonds is 6. The Bertz CT molecular complexity index is 484. The number of nitrogens with zero attached hydrogens (tertiary/aromatic N) is 2. The van der Waals surface area contributed by atoms with Gasteiger partial charge in [0.15, 0.2) is 4.34 Å². The second-order valence-electron chi connectivity index (χ2n) is 5.34. The SMILES string of the molecule is CCCNC(=O)NC(=O)CSc1nnc(NC(C)(C)C)s1. The number of aromatic nitrogens is 2. The number of nitrogens with one attached hydrogen (secondary N) is 3. The molecule has 0 aromatic carbocycles. The van der Waals surface area contributed by atoms with E-state index in [9.17, 15) is 9.59 Å². The normalized spacial score (nSPS) is 11.0. The Hall–Kier alpha value is -1.35. The minimum absolute atomic E-state index is 0.0871. The predicted octanol–water partition coefficient (Wildman–Crippen LogP) is 2.08. The monoisotopic (exact) mass is 331 g/mol. The number of imide groups is 1. The van der Waals surface area contributed by atoms with Crippen LogP contribution in [0.25, 0.3) is 0 Å². The summed E-state index contributed by atoms with van der Waals surface area (Å²) < 4.78 is 0.686. The Morgan fingerprint density at radius 3 is 2.62 bits per heavy atom. The lowest BCUT2D eigenvalue weighted by Gasteiger charge is -2.18. The summed E-state index contributed by atoms with van der Waals surface area (Å²) in [5.74, 6) is -0.224. The van der Waals surface area contributed by atoms with Crippen LogP contribution in [0.3, 0.4) is 0 Å². The molecule has 1 aromatic heterocycles. The van der Waals surface area contributed by atoms with Gasteiger partial charge in [-0.15, -0.1) is 10.2 Å². The van der Waals surface area contributed by atoms with E-state index in [-0.39, 0.29) is 17.2 Å². The van der Waals surface area contributed by atoms with Crippen LogP contribution in [0.1, 0.15) is 34.1 Å². The third-order valence-corrected chi connectivity index (χ3v) is 3.98. The lowest BCUT2D eigenvalue weighted by Crippen LogP contribution is -2.40. The number of hydrogen-bond acceptors (Lipinski definition) is 7. The number of carbonyl (C=O) groups is 2. The fraction of sp³-hybridized carbons (Fsp3) is 0.667. The molecule has 0 saturated carbocycles. The molecule has 1 heterocycles. The first-order chi connectivity index (χ1) is 9.80. The second kappa shape index (κ2) is 8.18. The lowest BCUT2D eigenvalue weighted by molar-refractivity contribution is -0.117. The third kappa shape index (κ3) is 7.86. The second-order valence-corrected chi connectivity index (χ2v) is 7.54. The largest absolute Gasteiger partial charge is 0.355 e. The molecule has 0 unspecified atom stereocenters. The molecule has 118 valence electrons. The first-order valence-corrected chi connectivity index (χ1v) is 8.42. The van der Waals surface area contributed by atoms with E-state index in [2.05, 4.69) is 26.1 Å². The smallest absolute Gasteiger partial charge is 0.321 e. The molecule has 0 bridgehead atoms. The van der Waals surface area contributed by atoms with Gasteiger partial charge in [0.1, 0.15) is 0 Å². The van der Waals surface area contributed by atoms with Gasteiger partial charge in [-0.05, 0) is 27.2 Å². The summed E-state index contributed by atoms with van der Waals surface area (Å²) in [4.78, 5) is 22.9. The van der Waals surface area contributed by atoms with Crippen LogP contribution in [0.4, 0.5) is 9.93 Å². The van der Waals surface area contributed by atoms with Gasteiger partial charge in [-0.2, -0.15) is 0 Å². The van der Waals surface area contributed by atoms with E-state index in [1.807, 2.05) is 27.7 Å². The zero-order valence-electron chi connectivity index (χ0n) is 12.6. The van der Waals surface area contributed by atoms with Crippen molar-refractivity contribution in [1.82, 2.24) is 20.8 Å². The minimum Gasteiger partial charge on any atom is -0.355 e. The molecule has 0 spiro atoms. The molecule has 0 atom stereocenters. The zero-order valence-corrected chi connectivity index (χ0v) is 14.3. The molecule has 9 heteroatoms. The Balaban J connectivity index is 2.35. The lowest BCUT2D eigenvalue weighted by atomic mass is 10.1. The molecule has 3 amide bonds. The highest BCUT2D eigenvalue weighted by Gasteiger charge is 2.14. The van der Waals surface area contributed by atoms with E-state index in [0.29, 0.717) is 16.0 Å². The Morgan fingerprint density at radius 1 is 1.29 bits per heavy atom. The van der Waals surface area contributed by atoms with E-state index in [1.54, 1.807) is 0 Å². The van der Waals surface area contributed by atoms with Crippen molar-refractivity contribution in [2.45, 2.75) is 44.0 Å². The maximum Gasteiger partial charge on any atom is 0.321 e. The number of thioether (sulfide) groups is 1. The van der Waals surface area contributed by atoms with Crippen molar-refractivity contribution in [2.24, 2.45) is 0 Å². The van der Waals surface area contributed by atoms with Gasteiger partial charge in [0, 0.05) is 12.1 Å². The first kappa shape index (κ1) is 17.7. The van der Waals surface area contributed by atoms with Gasteiger partial charge in [-0.25, -0.2) is 4.79 Å². The van der Waals surface area contributed by atoms with Crippen molar-refractivity contribution >= 4 is 40.2 Å². The van der Waals surface area contributed by atoms with Crippen molar-refractivity contribution in [3.8, 4) is 0 Å². The molecule has 0 aliphatic heterocycles. The van der Waals surface area contributed by atoms with Gasteiger partial charge in [0.25, 0.3) is 0 Å². The highest BCUT2D eigenvalue weighted by molar-refractivity contribution is 8.01. The molecule has 0 saturated heterocycles. The molecular formula is C12H21N5O2S2. The van der Waals surface area contributed by atoms with Gasteiger partial charge < -0.3 is 10.6 Å². The molecular weight excluding hydrogens is 310 g/mol. The van der Waals surface area contributed by atoms with Crippen LogP contribution in [0.15, 0.2) is 4.34 Å². The molecule has 7 nitrogen and oxygen atoms in total. The van der Waals surface area contributed by atoms with Crippen LogP contribution >= 0.6 is 23.1 Å². The third-order valence-electron chi connectivity index (χ3n) is 2.00. The van der Waals surface area contributed by atoms with Gasteiger partial charge >= 0.3 is 6.03 Å². The van der Waals surface area contributed by atoms with Crippen molar-refractivity contribution in [2.75, 3.05) is 17.6 Å². The van der Waals surface area contributed by atoms with Crippen molar-refractivity contribution in [1.29, 1.82) is 0 Å². The molecule has 1 aromatic rings. The molecule has 1 rings (SSSR count). The van der Waals surface area contributed by atoms with Crippen molar-refractivity contribution in [3.05, 3.63) is 0 Å². The first-order valence-electron chi connectivity index (χ1n) is 6.62. The quantitative estimate of drug-likeness (QED) is 0.691. The summed E-state index contributed by atoms with van der Waals surface area (Å²) in [6.45, 7) is 8.58. The predicted molar refractivity (Wildman–Crippen MR) is 85.8 cm³/mol. The van der Waals surface area contributed by atoms with Gasteiger partial charge in [-0.3, -0.25) is 10.1 Å². The van der Waals surface area contributed by atoms with Crippen LogP contribution in [-0.4, -0.2) is 40.0 Å². The van der Waals surface area contributed by atoms with Crippen molar-refractivity contribution < 1.29 is 9.59 Å². The van der Waals surface area contributed by atoms with Crippen molar-refractivity contribution in [3.63, 3.8) is 0 Å². The van der Waals surface area contributed by atoms with E-state index in [0.717, 1.165) is 6.42 Å². The maximum absolute atomic E-state index is 11.6. The molecule has 0 aliphatic carbocycles. The minimum atomic E-state index is -0.463. The molecule has 3 N–H and O–H groups in total. The van der Waals surface area contributed by atoms with E-state index in [1.165, 1.54) is 23.1 Å². The van der Waals surface area contributed by atoms with Gasteiger partial charge in [-0.1, -0.05) is 30.0 Å². The molecule has 0 fully saturated rings. The summed E-state index contributed by atoms with van der Waals surface area (Å²) in [5, 5.41) is 16.8. The topological polar surface area (TPSA) is 96.0 Å². The van der Waals surface area contributed by atoms with E-state index in [4.69, 9.17) is 0 Å². The summed E-state index contributed by atoms with van der Waals surface area (Å²) in [5.41, 5.74) is -0.0871. The maximum atomic E-state index is 11.6. The fourth-order valence-corrected chi connectivity index (χ4v) is 2.97. The molecule has 0 radical (unpaired) electrons. The molecule has 0 aliphatic rings. The summed E-state index contributed by atoms with van der Waals surface area (Å²) in [6, 6.07) is -0.463. The zero-order chi connectivity index (χ0) is 15.9. The Kier molecular flexibility index (Phi) is 6.90. The number of amides is 3. The number of hydrogen-bond donors (Lipinski definition) is 3. The summed E-state index contributed by atoms with van der Waals surface area (Å²) in [7, 11) is 0. The van der Waals surface area contributed by atoms with Crippen LogP contribution in [0.5, 0.6) is 0 Å². The average molecular weight is 331 g/mol. The molecule has 21 heavy (non-hydrogen) atoms. The number of anilines is 1. The van der Waals surface area contributed by atoms with Crippen LogP contribution in [0.2, 0.25) is 0 Å². The summed E-state index contributed by atoms with van der Waals surface area (Å²) >= 11 is 2.64. The van der Waals surface area contributed by atoms with Gasteiger partial charge in [0.2, 0.25) is 11.0 Å². The average Bonchev–Trinajstić information content (AvgIpc) is 2.79. The fourth-order valence-electron chi connectivity index (χ4n) is 1.21. The Labute approximate surface area is 132 Å². The Morgan fingerprint density at radius 2 is 2.00 bits per heavy atom. The highest BCUT2D eigenvalue weighted by Crippen LogP contribution is 2.26. The summed E-state index contributed by atoms with van der Waals surface area (Å²) in [6.07, 6.45) is 0.824. The van der Waals surface area contributed by atoms with Crippen LogP contribution in [0, 0.1) is 0 Å². The van der Waals surface area contributed by atoms with E-state index >= 15 is 0 Å². The number of urea groups is 1. The van der Waals surface area contributed by atoms with Gasteiger partial charge in [0.05, 0.1) is 5.75 Å². The highest BCUT2D eigenvalue weighted by atomic mass is 32.2. The van der Waals surface area contributed by atoms with Crippen LogP contribution < -0.4 is 16.0 Å². The standard InChI is InChI=1S/C12H21N5O2S2/c1-5-6-13-9(19)14-8(18)7-20-11-17-16-10(21-11)15-12(2,3)4/h5-7H2,1-4H3,(H,15,16)(H2,13,14,18,19).